The van der Waals surface area contributed by atoms with Gasteiger partial charge >= 0.3 is 5.97 Å². The maximum atomic E-state index is 13.7. The van der Waals surface area contributed by atoms with Gasteiger partial charge in [-0.1, -0.05) is 30.0 Å². The third-order valence-corrected chi connectivity index (χ3v) is 5.97. The standard InChI is InChI=1S/C26H19F2NO3S/c1-2-32-26(31)21-22(16-8-12-18(27)13-9-16)29-23(17-10-14-19(28)15-11-17)25(24(21)30)33-20-6-4-3-5-7-20/h3-15H,2H2,1H3,(H,29,30). The van der Waals surface area contributed by atoms with Crippen molar-refractivity contribution in [3.05, 3.63) is 106 Å². The van der Waals surface area contributed by atoms with E-state index in [1.54, 1.807) is 19.1 Å². The molecule has 7 heteroatoms. The summed E-state index contributed by atoms with van der Waals surface area (Å²) in [7, 11) is 0. The molecule has 1 aromatic heterocycles. The first-order valence-corrected chi connectivity index (χ1v) is 11.0. The molecular formula is C26H19F2NO3S. The lowest BCUT2D eigenvalue weighted by Crippen LogP contribution is -2.22. The molecule has 0 aliphatic heterocycles. The van der Waals surface area contributed by atoms with Crippen LogP contribution in [0, 0.1) is 11.6 Å². The summed E-state index contributed by atoms with van der Waals surface area (Å²) in [6, 6.07) is 20.3. The second-order valence-corrected chi connectivity index (χ2v) is 8.14. The number of ether oxygens (including phenoxy) is 1. The summed E-state index contributed by atoms with van der Waals surface area (Å²) in [4.78, 5) is 30.8. The number of pyridine rings is 1. The second-order valence-electron chi connectivity index (χ2n) is 7.06. The Labute approximate surface area is 193 Å². The zero-order valence-electron chi connectivity index (χ0n) is 17.6. The van der Waals surface area contributed by atoms with Gasteiger partial charge in [-0.3, -0.25) is 4.79 Å². The Hall–Kier alpha value is -3.71. The van der Waals surface area contributed by atoms with Crippen molar-refractivity contribution >= 4 is 17.7 Å². The summed E-state index contributed by atoms with van der Waals surface area (Å²) in [5, 5.41) is 0. The molecule has 0 aliphatic carbocycles. The smallest absolute Gasteiger partial charge is 0.344 e. The Bertz CT molecular complexity index is 1340. The summed E-state index contributed by atoms with van der Waals surface area (Å²) in [5.41, 5.74) is 0.922. The fourth-order valence-electron chi connectivity index (χ4n) is 3.34. The van der Waals surface area contributed by atoms with Gasteiger partial charge in [0.1, 0.15) is 17.2 Å². The van der Waals surface area contributed by atoms with Gasteiger partial charge in [0.25, 0.3) is 0 Å². The maximum absolute atomic E-state index is 13.7. The van der Waals surface area contributed by atoms with Crippen LogP contribution in [0.2, 0.25) is 0 Å². The average molecular weight is 464 g/mol. The lowest BCUT2D eigenvalue weighted by Gasteiger charge is -2.16. The fraction of sp³-hybridized carbons (Fsp3) is 0.0769. The van der Waals surface area contributed by atoms with Gasteiger partial charge in [0.05, 0.1) is 22.9 Å². The molecule has 166 valence electrons. The Morgan fingerprint density at radius 1 is 0.848 bits per heavy atom. The summed E-state index contributed by atoms with van der Waals surface area (Å²) in [5.74, 6) is -1.65. The van der Waals surface area contributed by atoms with Crippen LogP contribution in [-0.2, 0) is 4.74 Å². The molecule has 1 N–H and O–H groups in total. The number of carbonyl (C=O) groups excluding carboxylic acids is 1. The molecule has 0 atom stereocenters. The molecule has 1 heterocycles. The van der Waals surface area contributed by atoms with Crippen molar-refractivity contribution in [2.24, 2.45) is 0 Å². The minimum Gasteiger partial charge on any atom is -0.462 e. The highest BCUT2D eigenvalue weighted by molar-refractivity contribution is 7.99. The number of aromatic nitrogens is 1. The molecule has 0 amide bonds. The van der Waals surface area contributed by atoms with Crippen LogP contribution < -0.4 is 5.43 Å². The number of esters is 1. The van der Waals surface area contributed by atoms with E-state index in [1.165, 1.54) is 48.2 Å². The third kappa shape index (κ3) is 4.88. The number of rotatable bonds is 6. The van der Waals surface area contributed by atoms with Crippen LogP contribution in [-0.4, -0.2) is 17.6 Å². The number of hydrogen-bond acceptors (Lipinski definition) is 4. The number of benzene rings is 3. The summed E-state index contributed by atoms with van der Waals surface area (Å²) >= 11 is 1.19. The number of H-pyrrole nitrogens is 1. The molecule has 0 radical (unpaired) electrons. The molecule has 4 aromatic rings. The number of carbonyl (C=O) groups is 1. The van der Waals surface area contributed by atoms with E-state index in [9.17, 15) is 18.4 Å². The third-order valence-electron chi connectivity index (χ3n) is 4.87. The van der Waals surface area contributed by atoms with Crippen LogP contribution in [0.15, 0.2) is 93.4 Å². The molecule has 0 saturated heterocycles. The predicted octanol–water partition coefficient (Wildman–Crippen LogP) is 6.32. The lowest BCUT2D eigenvalue weighted by molar-refractivity contribution is 0.0525. The normalized spacial score (nSPS) is 10.8. The summed E-state index contributed by atoms with van der Waals surface area (Å²) < 4.78 is 32.3. The first-order chi connectivity index (χ1) is 16.0. The topological polar surface area (TPSA) is 59.2 Å². The van der Waals surface area contributed by atoms with Gasteiger partial charge in [-0.15, -0.1) is 0 Å². The molecule has 4 rings (SSSR count). The van der Waals surface area contributed by atoms with Gasteiger partial charge in [0.15, 0.2) is 0 Å². The van der Waals surface area contributed by atoms with Gasteiger partial charge in [-0.2, -0.15) is 0 Å². The highest BCUT2D eigenvalue weighted by Gasteiger charge is 2.25. The van der Waals surface area contributed by atoms with Gasteiger partial charge < -0.3 is 9.72 Å². The summed E-state index contributed by atoms with van der Waals surface area (Å²) in [6.07, 6.45) is 0. The largest absolute Gasteiger partial charge is 0.462 e. The molecule has 0 fully saturated rings. The number of nitrogens with one attached hydrogen (secondary N) is 1. The van der Waals surface area contributed by atoms with Crippen molar-refractivity contribution < 1.29 is 18.3 Å². The van der Waals surface area contributed by atoms with Crippen LogP contribution in [0.3, 0.4) is 0 Å². The monoisotopic (exact) mass is 463 g/mol. The van der Waals surface area contributed by atoms with Crippen molar-refractivity contribution in [3.8, 4) is 22.5 Å². The predicted molar refractivity (Wildman–Crippen MR) is 124 cm³/mol. The van der Waals surface area contributed by atoms with E-state index < -0.39 is 23.0 Å². The van der Waals surface area contributed by atoms with Crippen LogP contribution in [0.5, 0.6) is 0 Å². The molecule has 0 spiro atoms. The van der Waals surface area contributed by atoms with Gasteiger partial charge in [-0.25, -0.2) is 13.6 Å². The zero-order valence-corrected chi connectivity index (χ0v) is 18.4. The van der Waals surface area contributed by atoms with Crippen molar-refractivity contribution in [1.82, 2.24) is 4.98 Å². The van der Waals surface area contributed by atoms with Crippen molar-refractivity contribution in [2.75, 3.05) is 6.61 Å². The van der Waals surface area contributed by atoms with Crippen LogP contribution in [0.1, 0.15) is 17.3 Å². The summed E-state index contributed by atoms with van der Waals surface area (Å²) in [6.45, 7) is 1.73. The van der Waals surface area contributed by atoms with E-state index in [1.807, 2.05) is 30.3 Å². The fourth-order valence-corrected chi connectivity index (χ4v) is 4.33. The first kappa shape index (κ1) is 22.5. The van der Waals surface area contributed by atoms with E-state index in [-0.39, 0.29) is 22.8 Å². The molecule has 0 bridgehead atoms. The van der Waals surface area contributed by atoms with E-state index in [4.69, 9.17) is 4.74 Å². The molecule has 0 unspecified atom stereocenters. The Balaban J connectivity index is 2.02. The molecule has 3 aromatic carbocycles. The van der Waals surface area contributed by atoms with Crippen LogP contribution in [0.25, 0.3) is 22.5 Å². The highest BCUT2D eigenvalue weighted by Crippen LogP contribution is 2.35. The number of halogens is 2. The van der Waals surface area contributed by atoms with Crippen molar-refractivity contribution in [2.45, 2.75) is 16.7 Å². The highest BCUT2D eigenvalue weighted by atomic mass is 32.2. The van der Waals surface area contributed by atoms with E-state index in [2.05, 4.69) is 4.98 Å². The molecule has 0 saturated carbocycles. The molecule has 33 heavy (non-hydrogen) atoms. The van der Waals surface area contributed by atoms with Gasteiger partial charge in [0, 0.05) is 4.90 Å². The van der Waals surface area contributed by atoms with Crippen molar-refractivity contribution in [1.29, 1.82) is 0 Å². The van der Waals surface area contributed by atoms with E-state index in [0.29, 0.717) is 16.8 Å². The molecular weight excluding hydrogens is 444 g/mol. The van der Waals surface area contributed by atoms with E-state index in [0.717, 1.165) is 4.90 Å². The van der Waals surface area contributed by atoms with Gasteiger partial charge in [0.2, 0.25) is 5.43 Å². The molecule has 4 nitrogen and oxygen atoms in total. The van der Waals surface area contributed by atoms with Crippen LogP contribution >= 0.6 is 11.8 Å². The Morgan fingerprint density at radius 2 is 1.39 bits per heavy atom. The Kier molecular flexibility index (Phi) is 6.70. The lowest BCUT2D eigenvalue weighted by atomic mass is 10.0. The van der Waals surface area contributed by atoms with Crippen LogP contribution in [0.4, 0.5) is 8.78 Å². The molecule has 0 aliphatic rings. The maximum Gasteiger partial charge on any atom is 0.344 e. The van der Waals surface area contributed by atoms with E-state index >= 15 is 0 Å². The SMILES string of the molecule is CCOC(=O)c1c(-c2ccc(F)cc2)[nH]c(-c2ccc(F)cc2)c(Sc2ccccc2)c1=O. The number of hydrogen-bond donors (Lipinski definition) is 1. The first-order valence-electron chi connectivity index (χ1n) is 10.2. The Morgan fingerprint density at radius 3 is 1.94 bits per heavy atom. The quantitative estimate of drug-likeness (QED) is 0.340. The van der Waals surface area contributed by atoms with Crippen molar-refractivity contribution in [3.63, 3.8) is 0 Å². The number of aromatic amines is 1. The van der Waals surface area contributed by atoms with Gasteiger partial charge in [-0.05, 0) is 78.7 Å². The minimum atomic E-state index is -0.779. The average Bonchev–Trinajstić information content (AvgIpc) is 2.82. The minimum absolute atomic E-state index is 0.0853. The second kappa shape index (κ2) is 9.83. The zero-order chi connectivity index (χ0) is 23.4.